The highest BCUT2D eigenvalue weighted by atomic mass is 16.2. The van der Waals surface area contributed by atoms with Crippen LogP contribution in [-0.2, 0) is 4.79 Å². The van der Waals surface area contributed by atoms with Crippen LogP contribution >= 0.6 is 0 Å². The predicted molar refractivity (Wildman–Crippen MR) is 79.7 cm³/mol. The molecule has 2 saturated carbocycles. The topological polar surface area (TPSA) is 41.1 Å². The van der Waals surface area contributed by atoms with Crippen LogP contribution in [0.15, 0.2) is 24.3 Å². The normalized spacial score (nSPS) is 24.9. The Kier molecular flexibility index (Phi) is 2.94. The third-order valence-corrected chi connectivity index (χ3v) is 4.97. The number of nitrogens with one attached hydrogen (secondary N) is 2. The lowest BCUT2D eigenvalue weighted by Gasteiger charge is -2.28. The van der Waals surface area contributed by atoms with Crippen LogP contribution in [0.25, 0.3) is 0 Å². The molecule has 20 heavy (non-hydrogen) atoms. The Morgan fingerprint density at radius 1 is 1.10 bits per heavy atom. The van der Waals surface area contributed by atoms with Crippen LogP contribution in [0.5, 0.6) is 0 Å². The lowest BCUT2D eigenvalue weighted by atomic mass is 9.89. The number of fused-ring (bicyclic) bond motifs is 1. The van der Waals surface area contributed by atoms with Crippen LogP contribution in [0.4, 0.5) is 5.69 Å². The molecule has 1 heterocycles. The third-order valence-electron chi connectivity index (χ3n) is 4.97. The van der Waals surface area contributed by atoms with Crippen molar-refractivity contribution in [3.05, 3.63) is 29.8 Å². The monoisotopic (exact) mass is 270 g/mol. The molecule has 1 aliphatic heterocycles. The number of carbonyl (C=O) groups excluding carboxylic acids is 1. The predicted octanol–water partition coefficient (Wildman–Crippen LogP) is 2.89. The average molecular weight is 270 g/mol. The minimum atomic E-state index is 0.0347. The van der Waals surface area contributed by atoms with E-state index in [1.54, 1.807) is 0 Å². The smallest absolute Gasteiger partial charge is 0.227 e. The molecule has 1 amide bonds. The van der Waals surface area contributed by atoms with Gasteiger partial charge in [0.1, 0.15) is 0 Å². The van der Waals surface area contributed by atoms with Gasteiger partial charge in [0.15, 0.2) is 0 Å². The number of amides is 1. The largest absolute Gasteiger partial charge is 0.385 e. The first-order valence-corrected chi connectivity index (χ1v) is 7.96. The lowest BCUT2D eigenvalue weighted by Crippen LogP contribution is -2.42. The number of hydrogen-bond donors (Lipinski definition) is 2. The summed E-state index contributed by atoms with van der Waals surface area (Å²) in [6, 6.07) is 8.70. The summed E-state index contributed by atoms with van der Waals surface area (Å²) in [5.41, 5.74) is 2.30. The van der Waals surface area contributed by atoms with E-state index in [9.17, 15) is 4.79 Å². The molecule has 2 N–H and O–H groups in total. The fourth-order valence-corrected chi connectivity index (χ4v) is 3.54. The zero-order valence-electron chi connectivity index (χ0n) is 11.8. The van der Waals surface area contributed by atoms with Crippen LogP contribution in [0, 0.1) is 11.8 Å². The first kappa shape index (κ1) is 12.2. The number of benzene rings is 1. The van der Waals surface area contributed by atoms with Gasteiger partial charge in [-0.25, -0.2) is 0 Å². The van der Waals surface area contributed by atoms with E-state index in [0.717, 1.165) is 30.5 Å². The molecule has 1 aromatic rings. The summed E-state index contributed by atoms with van der Waals surface area (Å²) in [7, 11) is 0. The maximum absolute atomic E-state index is 12.7. The number of rotatable bonds is 4. The summed E-state index contributed by atoms with van der Waals surface area (Å²) >= 11 is 0. The molecule has 3 nitrogen and oxygen atoms in total. The van der Waals surface area contributed by atoms with E-state index in [2.05, 4.69) is 22.8 Å². The number of anilines is 1. The van der Waals surface area contributed by atoms with Gasteiger partial charge >= 0.3 is 0 Å². The van der Waals surface area contributed by atoms with Gasteiger partial charge in [-0.2, -0.15) is 0 Å². The Balaban J connectivity index is 1.51. The van der Waals surface area contributed by atoms with Crippen molar-refractivity contribution in [3.8, 4) is 0 Å². The summed E-state index contributed by atoms with van der Waals surface area (Å²) in [4.78, 5) is 12.7. The number of para-hydroxylation sites is 1. The molecule has 1 atom stereocenters. The highest BCUT2D eigenvalue weighted by Crippen LogP contribution is 2.45. The zero-order chi connectivity index (χ0) is 13.5. The van der Waals surface area contributed by atoms with Gasteiger partial charge in [0.25, 0.3) is 0 Å². The average Bonchev–Trinajstić information content (AvgIpc) is 3.37. The molecule has 2 fully saturated rings. The molecule has 2 aliphatic carbocycles. The van der Waals surface area contributed by atoms with Crippen molar-refractivity contribution in [2.45, 2.75) is 44.1 Å². The van der Waals surface area contributed by atoms with Crippen molar-refractivity contribution in [2.75, 3.05) is 11.9 Å². The van der Waals surface area contributed by atoms with Crippen LogP contribution in [-0.4, -0.2) is 18.5 Å². The Morgan fingerprint density at radius 2 is 1.80 bits per heavy atom. The van der Waals surface area contributed by atoms with Gasteiger partial charge in [0, 0.05) is 18.3 Å². The van der Waals surface area contributed by atoms with E-state index in [1.165, 1.54) is 31.2 Å². The number of carbonyl (C=O) groups is 1. The minimum absolute atomic E-state index is 0.0347. The molecule has 0 saturated heterocycles. The third kappa shape index (κ3) is 2.30. The first-order chi connectivity index (χ1) is 9.83. The molecular weight excluding hydrogens is 248 g/mol. The molecule has 0 radical (unpaired) electrons. The highest BCUT2D eigenvalue weighted by molar-refractivity contribution is 5.86. The molecular formula is C17H22N2O. The molecule has 4 rings (SSSR count). The standard InChI is InChI=1S/C17H22N2O/c20-17(19-16(11-5-6-11)12-7-8-12)14-9-10-18-15-4-2-1-3-13(14)15/h1-4,11-12,14,16,18H,5-10H2,(H,19,20). The van der Waals surface area contributed by atoms with E-state index < -0.39 is 0 Å². The van der Waals surface area contributed by atoms with Crippen molar-refractivity contribution in [1.29, 1.82) is 0 Å². The van der Waals surface area contributed by atoms with Gasteiger partial charge in [-0.05, 0) is 55.6 Å². The van der Waals surface area contributed by atoms with Gasteiger partial charge in [0.2, 0.25) is 5.91 Å². The van der Waals surface area contributed by atoms with Gasteiger partial charge in [-0.15, -0.1) is 0 Å². The van der Waals surface area contributed by atoms with Crippen LogP contribution in [0.2, 0.25) is 0 Å². The minimum Gasteiger partial charge on any atom is -0.385 e. The Hall–Kier alpha value is -1.51. The van der Waals surface area contributed by atoms with E-state index >= 15 is 0 Å². The Bertz CT molecular complexity index is 507. The van der Waals surface area contributed by atoms with Crippen LogP contribution in [0.1, 0.15) is 43.6 Å². The summed E-state index contributed by atoms with van der Waals surface area (Å²) < 4.78 is 0. The molecule has 106 valence electrons. The van der Waals surface area contributed by atoms with Gasteiger partial charge in [-0.1, -0.05) is 18.2 Å². The maximum Gasteiger partial charge on any atom is 0.227 e. The van der Waals surface area contributed by atoms with E-state index in [0.29, 0.717) is 6.04 Å². The summed E-state index contributed by atoms with van der Waals surface area (Å²) in [6.45, 7) is 0.895. The van der Waals surface area contributed by atoms with Crippen LogP contribution in [0.3, 0.4) is 0 Å². The molecule has 1 aromatic carbocycles. The SMILES string of the molecule is O=C(NC(C1CC1)C1CC1)C1CCNc2ccccc21. The fraction of sp³-hybridized carbons (Fsp3) is 0.588. The molecule has 0 aromatic heterocycles. The Morgan fingerprint density at radius 3 is 2.50 bits per heavy atom. The second-order valence-corrected chi connectivity index (χ2v) is 6.56. The lowest BCUT2D eigenvalue weighted by molar-refractivity contribution is -0.123. The highest BCUT2D eigenvalue weighted by Gasteiger charge is 2.43. The van der Waals surface area contributed by atoms with Crippen molar-refractivity contribution in [2.24, 2.45) is 11.8 Å². The zero-order valence-corrected chi connectivity index (χ0v) is 11.8. The molecule has 1 unspecified atom stereocenters. The quantitative estimate of drug-likeness (QED) is 0.883. The van der Waals surface area contributed by atoms with Crippen molar-refractivity contribution in [3.63, 3.8) is 0 Å². The summed E-state index contributed by atoms with van der Waals surface area (Å²) in [6.07, 6.45) is 6.15. The summed E-state index contributed by atoms with van der Waals surface area (Å²) in [5.74, 6) is 1.82. The number of hydrogen-bond acceptors (Lipinski definition) is 2. The van der Waals surface area contributed by atoms with E-state index in [-0.39, 0.29) is 11.8 Å². The van der Waals surface area contributed by atoms with Crippen LogP contribution < -0.4 is 10.6 Å². The van der Waals surface area contributed by atoms with Gasteiger partial charge in [-0.3, -0.25) is 4.79 Å². The van der Waals surface area contributed by atoms with Crippen molar-refractivity contribution < 1.29 is 4.79 Å². The maximum atomic E-state index is 12.7. The second kappa shape index (κ2) is 4.80. The fourth-order valence-electron chi connectivity index (χ4n) is 3.54. The van der Waals surface area contributed by atoms with E-state index in [4.69, 9.17) is 0 Å². The molecule has 3 heteroatoms. The summed E-state index contributed by atoms with van der Waals surface area (Å²) in [5, 5.41) is 6.78. The van der Waals surface area contributed by atoms with Gasteiger partial charge < -0.3 is 10.6 Å². The Labute approximate surface area is 120 Å². The van der Waals surface area contributed by atoms with E-state index in [1.807, 2.05) is 12.1 Å². The first-order valence-electron chi connectivity index (χ1n) is 7.96. The van der Waals surface area contributed by atoms with Crippen molar-refractivity contribution in [1.82, 2.24) is 5.32 Å². The van der Waals surface area contributed by atoms with Crippen molar-refractivity contribution >= 4 is 11.6 Å². The van der Waals surface area contributed by atoms with Gasteiger partial charge in [0.05, 0.1) is 5.92 Å². The molecule has 0 spiro atoms. The molecule has 3 aliphatic rings. The second-order valence-electron chi connectivity index (χ2n) is 6.56. The molecule has 0 bridgehead atoms.